The summed E-state index contributed by atoms with van der Waals surface area (Å²) >= 11 is 0. The van der Waals surface area contributed by atoms with Crippen LogP contribution in [0.3, 0.4) is 0 Å². The molecule has 0 saturated carbocycles. The zero-order chi connectivity index (χ0) is 15.1. The summed E-state index contributed by atoms with van der Waals surface area (Å²) in [5.74, 6) is 1.64. The van der Waals surface area contributed by atoms with Gasteiger partial charge in [-0.1, -0.05) is 12.1 Å². The lowest BCUT2D eigenvalue weighted by Gasteiger charge is -2.07. The molecule has 3 heterocycles. The summed E-state index contributed by atoms with van der Waals surface area (Å²) in [6.45, 7) is 4.02. The van der Waals surface area contributed by atoms with Gasteiger partial charge in [0, 0.05) is 16.6 Å². The third-order valence-corrected chi connectivity index (χ3v) is 3.72. The van der Waals surface area contributed by atoms with Gasteiger partial charge in [0.15, 0.2) is 5.82 Å². The fourth-order valence-corrected chi connectivity index (χ4v) is 2.75. The van der Waals surface area contributed by atoms with Crippen LogP contribution in [-0.4, -0.2) is 14.8 Å². The molecule has 0 saturated heterocycles. The topological polar surface area (TPSA) is 43.9 Å². The number of pyridine rings is 1. The number of fused-ring (bicyclic) bond motifs is 1. The molecule has 0 aliphatic heterocycles. The number of aryl methyl sites for hydroxylation is 2. The number of benzene rings is 1. The Morgan fingerprint density at radius 3 is 2.64 bits per heavy atom. The minimum Gasteiger partial charge on any atom is -0.464 e. The van der Waals surface area contributed by atoms with Crippen LogP contribution in [-0.2, 0) is 0 Å². The number of nitrogens with zero attached hydrogens (tertiary/aromatic N) is 3. The van der Waals surface area contributed by atoms with Crippen LogP contribution in [0, 0.1) is 13.8 Å². The van der Waals surface area contributed by atoms with E-state index >= 15 is 0 Å². The molecule has 4 rings (SSSR count). The van der Waals surface area contributed by atoms with E-state index in [1.165, 1.54) is 0 Å². The number of aromatic nitrogens is 3. The largest absolute Gasteiger partial charge is 0.464 e. The molecule has 0 spiro atoms. The molecule has 0 N–H and O–H groups in total. The van der Waals surface area contributed by atoms with Crippen LogP contribution in [0.5, 0.6) is 0 Å². The van der Waals surface area contributed by atoms with E-state index < -0.39 is 0 Å². The van der Waals surface area contributed by atoms with Gasteiger partial charge in [0.1, 0.15) is 5.76 Å². The molecule has 4 heteroatoms. The SMILES string of the molecule is Cc1cc(C)n(-c2ccc3cccc(-c4ccco4)c3n2)n1. The Balaban J connectivity index is 1.97. The smallest absolute Gasteiger partial charge is 0.154 e. The zero-order valence-corrected chi connectivity index (χ0v) is 12.4. The lowest BCUT2D eigenvalue weighted by Crippen LogP contribution is -2.02. The summed E-state index contributed by atoms with van der Waals surface area (Å²) in [4.78, 5) is 4.82. The third-order valence-electron chi connectivity index (χ3n) is 3.72. The van der Waals surface area contributed by atoms with Gasteiger partial charge in [-0.25, -0.2) is 9.67 Å². The first-order valence-electron chi connectivity index (χ1n) is 7.20. The summed E-state index contributed by atoms with van der Waals surface area (Å²) in [7, 11) is 0. The lowest BCUT2D eigenvalue weighted by molar-refractivity contribution is 0.583. The number of furan rings is 1. The van der Waals surface area contributed by atoms with E-state index in [-0.39, 0.29) is 0 Å². The predicted molar refractivity (Wildman–Crippen MR) is 86.0 cm³/mol. The molecule has 4 nitrogen and oxygen atoms in total. The van der Waals surface area contributed by atoms with Gasteiger partial charge in [-0.05, 0) is 50.2 Å². The normalized spacial score (nSPS) is 11.2. The molecule has 0 aliphatic carbocycles. The van der Waals surface area contributed by atoms with Crippen molar-refractivity contribution in [2.24, 2.45) is 0 Å². The summed E-state index contributed by atoms with van der Waals surface area (Å²) in [5.41, 5.74) is 3.96. The van der Waals surface area contributed by atoms with Crippen molar-refractivity contribution in [2.45, 2.75) is 13.8 Å². The molecule has 1 aromatic carbocycles. The number of hydrogen-bond acceptors (Lipinski definition) is 3. The first kappa shape index (κ1) is 12.8. The van der Waals surface area contributed by atoms with Crippen molar-refractivity contribution in [1.82, 2.24) is 14.8 Å². The van der Waals surface area contributed by atoms with Crippen LogP contribution in [0.2, 0.25) is 0 Å². The lowest BCUT2D eigenvalue weighted by atomic mass is 10.1. The molecule has 0 fully saturated rings. The van der Waals surface area contributed by atoms with Crippen molar-refractivity contribution < 1.29 is 4.42 Å². The highest BCUT2D eigenvalue weighted by atomic mass is 16.3. The monoisotopic (exact) mass is 289 g/mol. The first-order valence-corrected chi connectivity index (χ1v) is 7.20. The van der Waals surface area contributed by atoms with Gasteiger partial charge in [-0.3, -0.25) is 0 Å². The highest BCUT2D eigenvalue weighted by molar-refractivity contribution is 5.92. The van der Waals surface area contributed by atoms with Crippen molar-refractivity contribution >= 4 is 10.9 Å². The molecule has 108 valence electrons. The van der Waals surface area contributed by atoms with Crippen LogP contribution in [0.15, 0.2) is 59.2 Å². The number of para-hydroxylation sites is 1. The van der Waals surface area contributed by atoms with E-state index in [2.05, 4.69) is 17.2 Å². The van der Waals surface area contributed by atoms with Crippen LogP contribution in [0.1, 0.15) is 11.4 Å². The van der Waals surface area contributed by atoms with Crippen molar-refractivity contribution in [2.75, 3.05) is 0 Å². The van der Waals surface area contributed by atoms with Crippen molar-refractivity contribution in [3.8, 4) is 17.1 Å². The minimum atomic E-state index is 0.817. The van der Waals surface area contributed by atoms with Gasteiger partial charge >= 0.3 is 0 Å². The second kappa shape index (κ2) is 4.84. The first-order chi connectivity index (χ1) is 10.7. The Bertz CT molecular complexity index is 952. The van der Waals surface area contributed by atoms with Gasteiger partial charge in [0.2, 0.25) is 0 Å². The van der Waals surface area contributed by atoms with Crippen LogP contribution >= 0.6 is 0 Å². The highest BCUT2D eigenvalue weighted by Gasteiger charge is 2.10. The maximum absolute atomic E-state index is 5.54. The van der Waals surface area contributed by atoms with Gasteiger partial charge in [-0.2, -0.15) is 5.10 Å². The minimum absolute atomic E-state index is 0.817. The third kappa shape index (κ3) is 2.00. The van der Waals surface area contributed by atoms with Gasteiger partial charge < -0.3 is 4.42 Å². The van der Waals surface area contributed by atoms with Gasteiger partial charge in [-0.15, -0.1) is 0 Å². The van der Waals surface area contributed by atoms with Crippen molar-refractivity contribution in [1.29, 1.82) is 0 Å². The fraction of sp³-hybridized carbons (Fsp3) is 0.111. The maximum atomic E-state index is 5.54. The molecule has 22 heavy (non-hydrogen) atoms. The predicted octanol–water partition coefficient (Wildman–Crippen LogP) is 4.30. The Morgan fingerprint density at radius 2 is 1.91 bits per heavy atom. The van der Waals surface area contributed by atoms with E-state index in [0.717, 1.165) is 39.4 Å². The Kier molecular flexibility index (Phi) is 2.82. The number of hydrogen-bond donors (Lipinski definition) is 0. The van der Waals surface area contributed by atoms with E-state index in [1.807, 2.05) is 54.9 Å². The Labute approximate surface area is 128 Å². The van der Waals surface area contributed by atoms with Crippen molar-refractivity contribution in [3.63, 3.8) is 0 Å². The maximum Gasteiger partial charge on any atom is 0.154 e. The average Bonchev–Trinajstić information content (AvgIpc) is 3.16. The Hall–Kier alpha value is -2.88. The standard InChI is InChI=1S/C18H15N3O/c1-12-11-13(2)21(20-12)17-9-8-14-5-3-6-15(18(14)19-17)16-7-4-10-22-16/h3-11H,1-2H3. The van der Waals surface area contributed by atoms with Gasteiger partial charge in [0.25, 0.3) is 0 Å². The number of rotatable bonds is 2. The van der Waals surface area contributed by atoms with Gasteiger partial charge in [0.05, 0.1) is 17.5 Å². The molecule has 3 aromatic heterocycles. The molecule has 4 aromatic rings. The summed E-state index contributed by atoms with van der Waals surface area (Å²) < 4.78 is 7.41. The fourth-order valence-electron chi connectivity index (χ4n) is 2.75. The van der Waals surface area contributed by atoms with E-state index in [1.54, 1.807) is 6.26 Å². The Morgan fingerprint density at radius 1 is 1.00 bits per heavy atom. The quantitative estimate of drug-likeness (QED) is 0.552. The summed E-state index contributed by atoms with van der Waals surface area (Å²) in [6.07, 6.45) is 1.68. The molecular weight excluding hydrogens is 274 g/mol. The molecule has 0 amide bonds. The van der Waals surface area contributed by atoms with E-state index in [4.69, 9.17) is 9.40 Å². The van der Waals surface area contributed by atoms with Crippen molar-refractivity contribution in [3.05, 3.63) is 66.2 Å². The van der Waals surface area contributed by atoms with E-state index in [0.29, 0.717) is 0 Å². The second-order valence-corrected chi connectivity index (χ2v) is 5.36. The highest BCUT2D eigenvalue weighted by Crippen LogP contribution is 2.28. The second-order valence-electron chi connectivity index (χ2n) is 5.36. The van der Waals surface area contributed by atoms with Crippen LogP contribution in [0.25, 0.3) is 28.0 Å². The molecular formula is C18H15N3O. The summed E-state index contributed by atoms with van der Waals surface area (Å²) in [5, 5.41) is 5.59. The summed E-state index contributed by atoms with van der Waals surface area (Å²) in [6, 6.07) is 16.0. The molecule has 0 aliphatic rings. The van der Waals surface area contributed by atoms with E-state index in [9.17, 15) is 0 Å². The van der Waals surface area contributed by atoms with Crippen LogP contribution < -0.4 is 0 Å². The van der Waals surface area contributed by atoms with Crippen LogP contribution in [0.4, 0.5) is 0 Å². The molecule has 0 atom stereocenters. The zero-order valence-electron chi connectivity index (χ0n) is 12.4. The molecule has 0 radical (unpaired) electrons. The average molecular weight is 289 g/mol. The molecule has 0 bridgehead atoms. The molecule has 0 unspecified atom stereocenters.